The smallest absolute Gasteiger partial charge is 0.264 e. The number of hydrogen-bond donors (Lipinski definition) is 1. The van der Waals surface area contributed by atoms with Gasteiger partial charge in [0.25, 0.3) is 10.0 Å². The summed E-state index contributed by atoms with van der Waals surface area (Å²) < 4.78 is 30.2. The third-order valence-corrected chi connectivity index (χ3v) is 7.46. The summed E-state index contributed by atoms with van der Waals surface area (Å²) in [6.45, 7) is 7.71. The Morgan fingerprint density at radius 1 is 0.968 bits per heavy atom. The summed E-state index contributed by atoms with van der Waals surface area (Å²) in [5, 5.41) is 2.85. The summed E-state index contributed by atoms with van der Waals surface area (Å²) in [5.41, 5.74) is 5.29. The van der Waals surface area contributed by atoms with Gasteiger partial charge < -0.3 is 9.88 Å². The van der Waals surface area contributed by atoms with Gasteiger partial charge in [0, 0.05) is 18.4 Å². The number of hydrogen-bond acceptors (Lipinski definition) is 3. The molecule has 0 spiro atoms. The number of amides is 1. The van der Waals surface area contributed by atoms with Crippen LogP contribution in [-0.2, 0) is 28.4 Å². The minimum Gasteiger partial charge on any atom is -0.350 e. The number of carbonyl (C=O) groups is 1. The second-order valence-corrected chi connectivity index (χ2v) is 9.71. The fourth-order valence-electron chi connectivity index (χ4n) is 3.36. The normalized spacial score (nSPS) is 11.4. The molecule has 3 rings (SSSR count). The van der Waals surface area contributed by atoms with Crippen LogP contribution in [0.15, 0.2) is 59.5 Å². The van der Waals surface area contributed by atoms with E-state index in [-0.39, 0.29) is 17.3 Å². The molecule has 0 saturated heterocycles. The van der Waals surface area contributed by atoms with E-state index < -0.39 is 10.0 Å². The van der Waals surface area contributed by atoms with Crippen LogP contribution in [0.4, 0.5) is 5.69 Å². The molecule has 0 aliphatic rings. The quantitative estimate of drug-likeness (QED) is 0.609. The standard InChI is InChI=1S/C24H29N3O3S/c1-17-9-13-22(14-10-17)31(29,30)27(23-8-6-7-18(2)20(23)4)16-24(28)25-15-21-12-11-19(3)26(21)5/h6-14H,15-16H2,1-5H3,(H,25,28). The van der Waals surface area contributed by atoms with Crippen molar-refractivity contribution in [1.82, 2.24) is 9.88 Å². The number of rotatable bonds is 7. The molecular formula is C24H29N3O3S. The Kier molecular flexibility index (Phi) is 6.55. The SMILES string of the molecule is Cc1ccc(S(=O)(=O)N(CC(=O)NCc2ccc(C)n2C)c2cccc(C)c2C)cc1. The van der Waals surface area contributed by atoms with E-state index >= 15 is 0 Å². The van der Waals surface area contributed by atoms with Crippen molar-refractivity contribution < 1.29 is 13.2 Å². The van der Waals surface area contributed by atoms with Crippen molar-refractivity contribution in [3.05, 3.63) is 82.7 Å². The Labute approximate surface area is 184 Å². The fraction of sp³-hybridized carbons (Fsp3) is 0.292. The van der Waals surface area contributed by atoms with E-state index in [1.54, 1.807) is 36.4 Å². The first-order chi connectivity index (χ1) is 14.6. The lowest BCUT2D eigenvalue weighted by atomic mass is 10.1. The molecule has 31 heavy (non-hydrogen) atoms. The van der Waals surface area contributed by atoms with Gasteiger partial charge in [-0.15, -0.1) is 0 Å². The molecular weight excluding hydrogens is 410 g/mol. The third-order valence-electron chi connectivity index (χ3n) is 5.68. The van der Waals surface area contributed by atoms with Crippen LogP contribution in [0.1, 0.15) is 28.1 Å². The summed E-state index contributed by atoms with van der Waals surface area (Å²) in [5.74, 6) is -0.365. The number of sulfonamides is 1. The van der Waals surface area contributed by atoms with Crippen LogP contribution in [0.3, 0.4) is 0 Å². The summed E-state index contributed by atoms with van der Waals surface area (Å²) in [7, 11) is -1.99. The van der Waals surface area contributed by atoms with Crippen molar-refractivity contribution in [1.29, 1.82) is 0 Å². The molecule has 0 aliphatic carbocycles. The Morgan fingerprint density at radius 3 is 2.26 bits per heavy atom. The zero-order valence-corrected chi connectivity index (χ0v) is 19.5. The molecule has 1 heterocycles. The average molecular weight is 440 g/mol. The van der Waals surface area contributed by atoms with E-state index in [0.717, 1.165) is 28.1 Å². The van der Waals surface area contributed by atoms with Crippen molar-refractivity contribution in [3.8, 4) is 0 Å². The van der Waals surface area contributed by atoms with Crippen LogP contribution in [0.5, 0.6) is 0 Å². The van der Waals surface area contributed by atoms with Crippen molar-refractivity contribution in [3.63, 3.8) is 0 Å². The van der Waals surface area contributed by atoms with Crippen molar-refractivity contribution in [2.45, 2.75) is 39.1 Å². The number of aromatic nitrogens is 1. The molecule has 0 unspecified atom stereocenters. The first-order valence-corrected chi connectivity index (χ1v) is 11.6. The van der Waals surface area contributed by atoms with Crippen molar-refractivity contribution >= 4 is 21.6 Å². The number of aryl methyl sites for hydroxylation is 3. The molecule has 0 bridgehead atoms. The molecule has 1 N–H and O–H groups in total. The maximum absolute atomic E-state index is 13.5. The van der Waals surface area contributed by atoms with Crippen molar-refractivity contribution in [2.24, 2.45) is 7.05 Å². The van der Waals surface area contributed by atoms with Crippen LogP contribution in [0.25, 0.3) is 0 Å². The van der Waals surface area contributed by atoms with Crippen LogP contribution in [0, 0.1) is 27.7 Å². The monoisotopic (exact) mass is 439 g/mol. The lowest BCUT2D eigenvalue weighted by Crippen LogP contribution is -2.41. The van der Waals surface area contributed by atoms with Gasteiger partial charge in [0.1, 0.15) is 6.54 Å². The van der Waals surface area contributed by atoms with Gasteiger partial charge in [-0.2, -0.15) is 0 Å². The molecule has 6 nitrogen and oxygen atoms in total. The third kappa shape index (κ3) is 4.82. The van der Waals surface area contributed by atoms with E-state index in [9.17, 15) is 13.2 Å². The highest BCUT2D eigenvalue weighted by molar-refractivity contribution is 7.92. The number of anilines is 1. The van der Waals surface area contributed by atoms with Crippen LogP contribution in [0.2, 0.25) is 0 Å². The van der Waals surface area contributed by atoms with E-state index in [1.807, 2.05) is 57.5 Å². The van der Waals surface area contributed by atoms with Gasteiger partial charge in [0.2, 0.25) is 5.91 Å². The maximum Gasteiger partial charge on any atom is 0.264 e. The Morgan fingerprint density at radius 2 is 1.65 bits per heavy atom. The van der Waals surface area contributed by atoms with E-state index in [1.165, 1.54) is 4.31 Å². The van der Waals surface area contributed by atoms with Gasteiger partial charge in [-0.1, -0.05) is 29.8 Å². The zero-order valence-electron chi connectivity index (χ0n) is 18.6. The van der Waals surface area contributed by atoms with E-state index in [4.69, 9.17) is 0 Å². The molecule has 0 aliphatic heterocycles. The predicted molar refractivity (Wildman–Crippen MR) is 124 cm³/mol. The molecule has 164 valence electrons. The second kappa shape index (κ2) is 8.98. The number of benzene rings is 2. The molecule has 2 aromatic carbocycles. The van der Waals surface area contributed by atoms with Crippen LogP contribution < -0.4 is 9.62 Å². The minimum atomic E-state index is -3.92. The first-order valence-electron chi connectivity index (χ1n) is 10.1. The molecule has 1 amide bonds. The fourth-order valence-corrected chi connectivity index (χ4v) is 4.84. The Bertz CT molecular complexity index is 1200. The highest BCUT2D eigenvalue weighted by Crippen LogP contribution is 2.28. The predicted octanol–water partition coefficient (Wildman–Crippen LogP) is 3.77. The molecule has 0 fully saturated rings. The molecule has 0 radical (unpaired) electrons. The van der Waals surface area contributed by atoms with E-state index in [2.05, 4.69) is 5.32 Å². The zero-order chi connectivity index (χ0) is 22.8. The Hall–Kier alpha value is -3.06. The Balaban J connectivity index is 1.92. The van der Waals surface area contributed by atoms with Gasteiger partial charge in [-0.05, 0) is 69.2 Å². The van der Waals surface area contributed by atoms with Gasteiger partial charge >= 0.3 is 0 Å². The summed E-state index contributed by atoms with van der Waals surface area (Å²) in [6, 6.07) is 16.1. The molecule has 7 heteroatoms. The topological polar surface area (TPSA) is 71.4 Å². The number of nitrogens with zero attached hydrogens (tertiary/aromatic N) is 2. The lowest BCUT2D eigenvalue weighted by Gasteiger charge is -2.26. The molecule has 0 saturated carbocycles. The number of nitrogens with one attached hydrogen (secondary N) is 1. The molecule has 0 atom stereocenters. The van der Waals surface area contributed by atoms with Gasteiger partial charge in [-0.25, -0.2) is 8.42 Å². The lowest BCUT2D eigenvalue weighted by molar-refractivity contribution is -0.119. The first kappa shape index (κ1) is 22.6. The largest absolute Gasteiger partial charge is 0.350 e. The van der Waals surface area contributed by atoms with Crippen LogP contribution >= 0.6 is 0 Å². The highest BCUT2D eigenvalue weighted by atomic mass is 32.2. The summed E-state index contributed by atoms with van der Waals surface area (Å²) in [4.78, 5) is 13.0. The van der Waals surface area contributed by atoms with Gasteiger partial charge in [0.05, 0.1) is 17.1 Å². The van der Waals surface area contributed by atoms with E-state index in [0.29, 0.717) is 12.2 Å². The van der Waals surface area contributed by atoms with Crippen molar-refractivity contribution in [2.75, 3.05) is 10.8 Å². The highest BCUT2D eigenvalue weighted by Gasteiger charge is 2.28. The summed E-state index contributed by atoms with van der Waals surface area (Å²) in [6.07, 6.45) is 0. The van der Waals surface area contributed by atoms with Crippen LogP contribution in [-0.4, -0.2) is 25.4 Å². The minimum absolute atomic E-state index is 0.157. The summed E-state index contributed by atoms with van der Waals surface area (Å²) >= 11 is 0. The van der Waals surface area contributed by atoms with Gasteiger partial charge in [-0.3, -0.25) is 9.10 Å². The molecule has 1 aromatic heterocycles. The second-order valence-electron chi connectivity index (χ2n) is 7.85. The average Bonchev–Trinajstić information content (AvgIpc) is 3.05. The van der Waals surface area contributed by atoms with Gasteiger partial charge in [0.15, 0.2) is 0 Å². The maximum atomic E-state index is 13.5. The number of carbonyl (C=O) groups excluding carboxylic acids is 1. The molecule has 3 aromatic rings.